The Balaban J connectivity index is 2.35. The van der Waals surface area contributed by atoms with Gasteiger partial charge >= 0.3 is 0 Å². The molecule has 74 valence electrons. The summed E-state index contributed by atoms with van der Waals surface area (Å²) in [5.74, 6) is -0.144. The predicted molar refractivity (Wildman–Crippen MR) is 55.4 cm³/mol. The number of aliphatic imine (C=N–C) groups is 1. The van der Waals surface area contributed by atoms with Gasteiger partial charge in [-0.15, -0.1) is 0 Å². The number of Topliss-reactive ketones (excluding diaryl/α,β-unsaturated/α-hetero) is 1. The standard InChI is InChI=1S/C11H8N2O2/c14-8-4-5-12-10-9-6(8)2-1-3-7(9)13-11(10)15/h1-3H,4-5H2,(H,13,15). The molecule has 0 saturated carbocycles. The molecule has 2 heterocycles. The van der Waals surface area contributed by atoms with Crippen molar-refractivity contribution in [3.63, 3.8) is 0 Å². The Bertz CT molecular complexity index is 517. The first-order valence-corrected chi connectivity index (χ1v) is 4.80. The van der Waals surface area contributed by atoms with E-state index < -0.39 is 0 Å². The van der Waals surface area contributed by atoms with Crippen molar-refractivity contribution in [3.8, 4) is 0 Å². The van der Waals surface area contributed by atoms with Gasteiger partial charge in [-0.05, 0) is 6.07 Å². The maximum Gasteiger partial charge on any atom is 0.274 e. The van der Waals surface area contributed by atoms with E-state index in [9.17, 15) is 9.59 Å². The molecule has 0 aromatic heterocycles. The van der Waals surface area contributed by atoms with E-state index >= 15 is 0 Å². The number of carbonyl (C=O) groups excluding carboxylic acids is 2. The largest absolute Gasteiger partial charge is 0.320 e. The first kappa shape index (κ1) is 8.35. The number of carbonyl (C=O) groups is 2. The van der Waals surface area contributed by atoms with Crippen LogP contribution in [0, 0.1) is 0 Å². The van der Waals surface area contributed by atoms with Gasteiger partial charge in [-0.25, -0.2) is 0 Å². The molecule has 3 rings (SSSR count). The molecule has 0 radical (unpaired) electrons. The highest BCUT2D eigenvalue weighted by Crippen LogP contribution is 2.29. The Morgan fingerprint density at radius 3 is 3.00 bits per heavy atom. The summed E-state index contributed by atoms with van der Waals surface area (Å²) in [7, 11) is 0. The molecule has 4 heteroatoms. The lowest BCUT2D eigenvalue weighted by Crippen LogP contribution is -2.14. The molecule has 0 fully saturated rings. The fourth-order valence-corrected chi connectivity index (χ4v) is 1.99. The molecular weight excluding hydrogens is 192 g/mol. The average molecular weight is 200 g/mol. The average Bonchev–Trinajstić information content (AvgIpc) is 2.43. The molecule has 1 aromatic carbocycles. The highest BCUT2D eigenvalue weighted by Gasteiger charge is 2.31. The van der Waals surface area contributed by atoms with Gasteiger partial charge in [0.2, 0.25) is 0 Å². The topological polar surface area (TPSA) is 58.5 Å². The second kappa shape index (κ2) is 2.76. The van der Waals surface area contributed by atoms with E-state index in [1.54, 1.807) is 18.2 Å². The molecule has 0 atom stereocenters. The number of anilines is 1. The minimum absolute atomic E-state index is 0.0575. The van der Waals surface area contributed by atoms with Gasteiger partial charge in [0.05, 0.1) is 5.69 Å². The van der Waals surface area contributed by atoms with Crippen molar-refractivity contribution in [2.45, 2.75) is 6.42 Å². The highest BCUT2D eigenvalue weighted by molar-refractivity contribution is 6.55. The summed E-state index contributed by atoms with van der Waals surface area (Å²) >= 11 is 0. The number of nitrogens with zero attached hydrogens (tertiary/aromatic N) is 1. The van der Waals surface area contributed by atoms with E-state index in [1.165, 1.54) is 0 Å². The van der Waals surface area contributed by atoms with Gasteiger partial charge in [0, 0.05) is 24.1 Å². The summed E-state index contributed by atoms with van der Waals surface area (Å²) in [6.07, 6.45) is 0.382. The molecule has 0 spiro atoms. The van der Waals surface area contributed by atoms with Crippen molar-refractivity contribution in [1.29, 1.82) is 0 Å². The van der Waals surface area contributed by atoms with Crippen molar-refractivity contribution >= 4 is 23.1 Å². The second-order valence-corrected chi connectivity index (χ2v) is 3.59. The van der Waals surface area contributed by atoms with Crippen LogP contribution in [0.4, 0.5) is 5.69 Å². The van der Waals surface area contributed by atoms with E-state index in [0.717, 1.165) is 0 Å². The normalized spacial score (nSPS) is 18.0. The van der Waals surface area contributed by atoms with Crippen LogP contribution in [0.15, 0.2) is 23.2 Å². The van der Waals surface area contributed by atoms with E-state index in [4.69, 9.17) is 0 Å². The van der Waals surface area contributed by atoms with E-state index in [2.05, 4.69) is 10.3 Å². The Labute approximate surface area is 86.0 Å². The zero-order valence-corrected chi connectivity index (χ0v) is 7.91. The maximum atomic E-state index is 11.7. The summed E-state index contributed by atoms with van der Waals surface area (Å²) < 4.78 is 0. The third-order valence-electron chi connectivity index (χ3n) is 2.67. The van der Waals surface area contributed by atoms with E-state index in [1.807, 2.05) is 0 Å². The van der Waals surface area contributed by atoms with E-state index in [0.29, 0.717) is 35.5 Å². The van der Waals surface area contributed by atoms with Crippen molar-refractivity contribution in [1.82, 2.24) is 0 Å². The smallest absolute Gasteiger partial charge is 0.274 e. The summed E-state index contributed by atoms with van der Waals surface area (Å²) in [5.41, 5.74) is 2.41. The second-order valence-electron chi connectivity index (χ2n) is 3.59. The summed E-state index contributed by atoms with van der Waals surface area (Å²) in [5, 5.41) is 2.71. The summed E-state index contributed by atoms with van der Waals surface area (Å²) in [6, 6.07) is 5.32. The summed E-state index contributed by atoms with van der Waals surface area (Å²) in [4.78, 5) is 27.4. The van der Waals surface area contributed by atoms with Gasteiger partial charge in [0.25, 0.3) is 5.91 Å². The molecule has 0 bridgehead atoms. The molecule has 2 aliphatic heterocycles. The van der Waals surface area contributed by atoms with Gasteiger partial charge in [-0.2, -0.15) is 0 Å². The summed E-state index contributed by atoms with van der Waals surface area (Å²) in [6.45, 7) is 0.399. The SMILES string of the molecule is O=C1Nc2cccc3c2C1=NCCC3=O. The first-order chi connectivity index (χ1) is 7.27. The molecule has 1 amide bonds. The van der Waals surface area contributed by atoms with Crippen molar-refractivity contribution in [2.24, 2.45) is 4.99 Å². The Kier molecular flexibility index (Phi) is 1.54. The fourth-order valence-electron chi connectivity index (χ4n) is 1.99. The molecule has 2 aliphatic rings. The van der Waals surface area contributed by atoms with Crippen LogP contribution in [-0.4, -0.2) is 23.9 Å². The van der Waals surface area contributed by atoms with Crippen LogP contribution < -0.4 is 5.32 Å². The lowest BCUT2D eigenvalue weighted by Gasteiger charge is -2.02. The lowest BCUT2D eigenvalue weighted by atomic mass is 10.00. The molecule has 15 heavy (non-hydrogen) atoms. The number of amides is 1. The predicted octanol–water partition coefficient (Wildman–Crippen LogP) is 1.01. The molecule has 0 aliphatic carbocycles. The van der Waals surface area contributed by atoms with Crippen LogP contribution in [0.5, 0.6) is 0 Å². The quantitative estimate of drug-likeness (QED) is 0.679. The van der Waals surface area contributed by atoms with E-state index in [-0.39, 0.29) is 11.7 Å². The number of hydrogen-bond acceptors (Lipinski definition) is 3. The zero-order chi connectivity index (χ0) is 10.4. The Morgan fingerprint density at radius 2 is 2.13 bits per heavy atom. The monoisotopic (exact) mass is 200 g/mol. The number of ketones is 1. The third kappa shape index (κ3) is 1.05. The Hall–Kier alpha value is -1.97. The van der Waals surface area contributed by atoms with Gasteiger partial charge in [0.1, 0.15) is 5.71 Å². The molecule has 1 aromatic rings. The molecule has 1 N–H and O–H groups in total. The molecule has 0 saturated heterocycles. The van der Waals surface area contributed by atoms with Crippen LogP contribution >= 0.6 is 0 Å². The molecule has 0 unspecified atom stereocenters. The number of hydrogen-bond donors (Lipinski definition) is 1. The third-order valence-corrected chi connectivity index (χ3v) is 2.67. The van der Waals surface area contributed by atoms with Gasteiger partial charge in [0.15, 0.2) is 5.78 Å². The zero-order valence-electron chi connectivity index (χ0n) is 7.91. The minimum Gasteiger partial charge on any atom is -0.320 e. The van der Waals surface area contributed by atoms with Crippen LogP contribution in [0.3, 0.4) is 0 Å². The first-order valence-electron chi connectivity index (χ1n) is 4.80. The van der Waals surface area contributed by atoms with Crippen molar-refractivity contribution < 1.29 is 9.59 Å². The Morgan fingerprint density at radius 1 is 1.27 bits per heavy atom. The van der Waals surface area contributed by atoms with Gasteiger partial charge in [-0.1, -0.05) is 12.1 Å². The number of benzene rings is 1. The molecule has 4 nitrogen and oxygen atoms in total. The minimum atomic E-state index is -0.202. The number of nitrogens with one attached hydrogen (secondary N) is 1. The number of rotatable bonds is 0. The molecular formula is C11H8N2O2. The van der Waals surface area contributed by atoms with Crippen LogP contribution in [-0.2, 0) is 4.79 Å². The van der Waals surface area contributed by atoms with Gasteiger partial charge in [-0.3, -0.25) is 14.6 Å². The lowest BCUT2D eigenvalue weighted by molar-refractivity contribution is -0.110. The van der Waals surface area contributed by atoms with Crippen LogP contribution in [0.2, 0.25) is 0 Å². The van der Waals surface area contributed by atoms with Crippen LogP contribution in [0.25, 0.3) is 0 Å². The van der Waals surface area contributed by atoms with Gasteiger partial charge < -0.3 is 5.32 Å². The highest BCUT2D eigenvalue weighted by atomic mass is 16.2. The van der Waals surface area contributed by atoms with Crippen molar-refractivity contribution in [2.75, 3.05) is 11.9 Å². The maximum absolute atomic E-state index is 11.7. The fraction of sp³-hybridized carbons (Fsp3) is 0.182. The van der Waals surface area contributed by atoms with Crippen LogP contribution in [0.1, 0.15) is 22.3 Å². The van der Waals surface area contributed by atoms with Crippen molar-refractivity contribution in [3.05, 3.63) is 29.3 Å².